The highest BCUT2D eigenvalue weighted by atomic mass is 32.2. The SMILES string of the molecule is FC(F)(F)SCCNCC1CCCOC1. The third-order valence-corrected chi connectivity index (χ3v) is 2.97. The van der Waals surface area contributed by atoms with Crippen molar-refractivity contribution in [3.05, 3.63) is 0 Å². The van der Waals surface area contributed by atoms with E-state index in [9.17, 15) is 13.2 Å². The van der Waals surface area contributed by atoms with Gasteiger partial charge in [0.2, 0.25) is 0 Å². The average molecular weight is 243 g/mol. The molecule has 1 atom stereocenters. The first-order valence-electron chi connectivity index (χ1n) is 5.07. The zero-order chi connectivity index (χ0) is 11.1. The monoisotopic (exact) mass is 243 g/mol. The van der Waals surface area contributed by atoms with Gasteiger partial charge in [-0.1, -0.05) is 0 Å². The lowest BCUT2D eigenvalue weighted by Crippen LogP contribution is -2.30. The fourth-order valence-electron chi connectivity index (χ4n) is 1.51. The van der Waals surface area contributed by atoms with Gasteiger partial charge in [-0.15, -0.1) is 0 Å². The Hall–Kier alpha value is 0.0600. The van der Waals surface area contributed by atoms with Crippen molar-refractivity contribution < 1.29 is 17.9 Å². The summed E-state index contributed by atoms with van der Waals surface area (Å²) in [7, 11) is 0. The van der Waals surface area contributed by atoms with Crippen LogP contribution in [0.2, 0.25) is 0 Å². The molecule has 6 heteroatoms. The number of rotatable bonds is 5. The van der Waals surface area contributed by atoms with Gasteiger partial charge in [0.15, 0.2) is 0 Å². The van der Waals surface area contributed by atoms with Crippen LogP contribution >= 0.6 is 11.8 Å². The van der Waals surface area contributed by atoms with Gasteiger partial charge in [-0.25, -0.2) is 0 Å². The maximum atomic E-state index is 11.8. The highest BCUT2D eigenvalue weighted by Crippen LogP contribution is 2.29. The van der Waals surface area contributed by atoms with Crippen LogP contribution in [0.1, 0.15) is 12.8 Å². The maximum Gasteiger partial charge on any atom is 0.441 e. The van der Waals surface area contributed by atoms with E-state index in [0.717, 1.165) is 32.6 Å². The Morgan fingerprint density at radius 2 is 2.20 bits per heavy atom. The van der Waals surface area contributed by atoms with Crippen LogP contribution in [0.5, 0.6) is 0 Å². The van der Waals surface area contributed by atoms with Crippen LogP contribution < -0.4 is 5.32 Å². The molecular weight excluding hydrogens is 227 g/mol. The third-order valence-electron chi connectivity index (χ3n) is 2.23. The Bertz CT molecular complexity index is 171. The average Bonchev–Trinajstić information content (AvgIpc) is 2.17. The van der Waals surface area contributed by atoms with Gasteiger partial charge in [0.05, 0.1) is 6.61 Å². The molecule has 1 unspecified atom stereocenters. The smallest absolute Gasteiger partial charge is 0.381 e. The predicted molar refractivity (Wildman–Crippen MR) is 54.9 cm³/mol. The molecule has 1 aliphatic rings. The number of nitrogens with one attached hydrogen (secondary N) is 1. The number of hydrogen-bond donors (Lipinski definition) is 1. The molecule has 0 aromatic heterocycles. The summed E-state index contributed by atoms with van der Waals surface area (Å²) in [6.45, 7) is 2.72. The van der Waals surface area contributed by atoms with Crippen molar-refractivity contribution >= 4 is 11.8 Å². The second-order valence-electron chi connectivity index (χ2n) is 3.58. The van der Waals surface area contributed by atoms with E-state index in [1.165, 1.54) is 0 Å². The summed E-state index contributed by atoms with van der Waals surface area (Å²) < 4.78 is 40.5. The van der Waals surface area contributed by atoms with Crippen molar-refractivity contribution in [1.29, 1.82) is 0 Å². The molecule has 0 saturated carbocycles. The standard InChI is InChI=1S/C9H16F3NOS/c10-9(11,12)15-5-3-13-6-8-2-1-4-14-7-8/h8,13H,1-7H2. The number of thioether (sulfide) groups is 1. The number of halogens is 3. The van der Waals surface area contributed by atoms with Crippen LogP contribution in [0.3, 0.4) is 0 Å². The fraction of sp³-hybridized carbons (Fsp3) is 1.00. The van der Waals surface area contributed by atoms with Crippen LogP contribution in [0.15, 0.2) is 0 Å². The van der Waals surface area contributed by atoms with Crippen LogP contribution in [0.25, 0.3) is 0 Å². The minimum absolute atomic E-state index is 0.0264. The van der Waals surface area contributed by atoms with Crippen molar-refractivity contribution in [2.24, 2.45) is 5.92 Å². The summed E-state index contributed by atoms with van der Waals surface area (Å²) in [6.07, 6.45) is 2.17. The van der Waals surface area contributed by atoms with Gasteiger partial charge in [0.25, 0.3) is 0 Å². The van der Waals surface area contributed by atoms with Gasteiger partial charge in [-0.05, 0) is 30.5 Å². The van der Waals surface area contributed by atoms with Crippen LogP contribution in [0, 0.1) is 5.92 Å². The zero-order valence-electron chi connectivity index (χ0n) is 8.48. The molecule has 0 aromatic carbocycles. The molecule has 0 spiro atoms. The van der Waals surface area contributed by atoms with Gasteiger partial charge in [0.1, 0.15) is 0 Å². The Kier molecular flexibility index (Phi) is 5.78. The van der Waals surface area contributed by atoms with E-state index in [1.807, 2.05) is 0 Å². The first kappa shape index (κ1) is 13.1. The highest BCUT2D eigenvalue weighted by molar-refractivity contribution is 8.00. The summed E-state index contributed by atoms with van der Waals surface area (Å²) >= 11 is 0.0264. The first-order valence-corrected chi connectivity index (χ1v) is 6.05. The Labute approximate surface area is 91.9 Å². The quantitative estimate of drug-likeness (QED) is 0.748. The molecule has 1 saturated heterocycles. The van der Waals surface area contributed by atoms with Crippen molar-refractivity contribution in [2.75, 3.05) is 32.1 Å². The summed E-state index contributed by atoms with van der Waals surface area (Å²) in [6, 6.07) is 0. The summed E-state index contributed by atoms with van der Waals surface area (Å²) in [4.78, 5) is 0. The van der Waals surface area contributed by atoms with Crippen LogP contribution in [-0.4, -0.2) is 37.6 Å². The van der Waals surface area contributed by atoms with Crippen molar-refractivity contribution in [3.8, 4) is 0 Å². The fourth-order valence-corrected chi connectivity index (χ4v) is 1.99. The van der Waals surface area contributed by atoms with E-state index in [0.29, 0.717) is 12.5 Å². The molecule has 1 fully saturated rings. The lowest BCUT2D eigenvalue weighted by molar-refractivity contribution is -0.0327. The van der Waals surface area contributed by atoms with E-state index < -0.39 is 5.51 Å². The lowest BCUT2D eigenvalue weighted by atomic mass is 10.0. The van der Waals surface area contributed by atoms with Gasteiger partial charge in [0, 0.05) is 25.4 Å². The predicted octanol–water partition coefficient (Wildman–Crippen LogP) is 2.26. The summed E-state index contributed by atoms with van der Waals surface area (Å²) in [5, 5.41) is 3.03. The molecular formula is C9H16F3NOS. The topological polar surface area (TPSA) is 21.3 Å². The Morgan fingerprint density at radius 3 is 2.80 bits per heavy atom. The number of alkyl halides is 3. The largest absolute Gasteiger partial charge is 0.441 e. The van der Waals surface area contributed by atoms with Gasteiger partial charge < -0.3 is 10.1 Å². The molecule has 1 rings (SSSR count). The van der Waals surface area contributed by atoms with Gasteiger partial charge in [-0.2, -0.15) is 13.2 Å². The zero-order valence-corrected chi connectivity index (χ0v) is 9.29. The molecule has 2 nitrogen and oxygen atoms in total. The van der Waals surface area contributed by atoms with Crippen molar-refractivity contribution in [1.82, 2.24) is 5.32 Å². The second-order valence-corrected chi connectivity index (χ2v) is 4.74. The lowest BCUT2D eigenvalue weighted by Gasteiger charge is -2.22. The van der Waals surface area contributed by atoms with Gasteiger partial charge in [-0.3, -0.25) is 0 Å². The van der Waals surface area contributed by atoms with E-state index in [1.54, 1.807) is 0 Å². The maximum absolute atomic E-state index is 11.8. The van der Waals surface area contributed by atoms with E-state index in [-0.39, 0.29) is 17.5 Å². The minimum Gasteiger partial charge on any atom is -0.381 e. The summed E-state index contributed by atoms with van der Waals surface area (Å²) in [5.74, 6) is 0.548. The van der Waals surface area contributed by atoms with E-state index in [4.69, 9.17) is 4.74 Å². The molecule has 1 heterocycles. The summed E-state index contributed by atoms with van der Waals surface area (Å²) in [5.41, 5.74) is -4.10. The molecule has 1 N–H and O–H groups in total. The molecule has 0 amide bonds. The molecule has 0 radical (unpaired) electrons. The van der Waals surface area contributed by atoms with Gasteiger partial charge >= 0.3 is 5.51 Å². The number of hydrogen-bond acceptors (Lipinski definition) is 3. The van der Waals surface area contributed by atoms with Crippen molar-refractivity contribution in [2.45, 2.75) is 18.3 Å². The van der Waals surface area contributed by atoms with E-state index in [2.05, 4.69) is 5.32 Å². The Morgan fingerprint density at radius 1 is 1.40 bits per heavy atom. The Balaban J connectivity index is 1.92. The third kappa shape index (κ3) is 7.03. The normalized spacial score (nSPS) is 23.0. The van der Waals surface area contributed by atoms with E-state index >= 15 is 0 Å². The molecule has 90 valence electrons. The van der Waals surface area contributed by atoms with Crippen LogP contribution in [0.4, 0.5) is 13.2 Å². The first-order chi connectivity index (χ1) is 7.08. The molecule has 0 bridgehead atoms. The highest BCUT2D eigenvalue weighted by Gasteiger charge is 2.27. The number of ether oxygens (including phenoxy) is 1. The minimum atomic E-state index is -4.10. The van der Waals surface area contributed by atoms with Crippen molar-refractivity contribution in [3.63, 3.8) is 0 Å². The van der Waals surface area contributed by atoms with Crippen LogP contribution in [-0.2, 0) is 4.74 Å². The molecule has 0 aliphatic carbocycles. The molecule has 0 aromatic rings. The molecule has 15 heavy (non-hydrogen) atoms. The molecule has 1 aliphatic heterocycles. The second kappa shape index (κ2) is 6.60.